The van der Waals surface area contributed by atoms with Crippen LogP contribution in [-0.2, 0) is 45.6 Å². The molecule has 2 aliphatic heterocycles. The normalized spacial score (nSPS) is 16.7. The number of rotatable bonds is 15. The first-order valence-electron chi connectivity index (χ1n) is 17.1. The number of thioether (sulfide) groups is 2. The number of hydrogen-bond donors (Lipinski definition) is 7. The molecular formula is C33H29N10NaO13S5. The number of carbonyl (C=O) groups excluding carboxylic acids is 3. The predicted octanol–water partition coefficient (Wildman–Crippen LogP) is -3.88. The van der Waals surface area contributed by atoms with E-state index >= 15 is 0 Å². The summed E-state index contributed by atoms with van der Waals surface area (Å²) >= 11 is 3.21. The van der Waals surface area contributed by atoms with Crippen LogP contribution in [0.3, 0.4) is 0 Å². The van der Waals surface area contributed by atoms with Gasteiger partial charge in [-0.25, -0.2) is 31.5 Å². The summed E-state index contributed by atoms with van der Waals surface area (Å²) < 4.78 is 54.8. The summed E-state index contributed by atoms with van der Waals surface area (Å²) in [5.41, 5.74) is 5.46. The number of sulfonamides is 1. The van der Waals surface area contributed by atoms with Gasteiger partial charge in [0.05, 0.1) is 28.0 Å². The first-order chi connectivity index (χ1) is 28.8. The third-order valence-corrected chi connectivity index (χ3v) is 14.6. The minimum Gasteiger partial charge on any atom is -0.543 e. The van der Waals surface area contributed by atoms with Crippen molar-refractivity contribution in [3.8, 4) is 23.0 Å². The number of β-lactam (4-membered cyclic amide) rings is 1. The second-order valence-corrected chi connectivity index (χ2v) is 19.6. The molecule has 5 aromatic rings. The molecule has 0 aliphatic carbocycles. The largest absolute Gasteiger partial charge is 1.00 e. The third kappa shape index (κ3) is 9.56. The van der Waals surface area contributed by atoms with Gasteiger partial charge >= 0.3 is 29.6 Å². The van der Waals surface area contributed by atoms with E-state index in [1.54, 1.807) is 13.0 Å². The van der Waals surface area contributed by atoms with E-state index in [2.05, 4.69) is 35.2 Å². The SMILES string of the molecule is Cc1cc(SCC2=C(C(=O)[O-])N3C(=O)[C@@H](NC(=O)/C(=N\OCS(=O)(=O)c4ccc(O)c(O)c4)c4csc(N)n4)[C@H]3SC2)n2nc(CNS(=O)(=O)c3ccc(O)c(O)c3)nc2n1.[Na+]. The maximum absolute atomic E-state index is 13.5. The van der Waals surface area contributed by atoms with Gasteiger partial charge < -0.3 is 46.2 Å². The number of aromatic hydroxyl groups is 4. The predicted molar refractivity (Wildman–Crippen MR) is 213 cm³/mol. The number of aryl methyl sites for hydroxylation is 1. The smallest absolute Gasteiger partial charge is 0.543 e. The number of hydrogen-bond acceptors (Lipinski definition) is 22. The van der Waals surface area contributed by atoms with Crippen molar-refractivity contribution in [1.82, 2.24) is 39.5 Å². The number of carbonyl (C=O) groups is 3. The van der Waals surface area contributed by atoms with Crippen molar-refractivity contribution in [3.05, 3.63) is 76.3 Å². The van der Waals surface area contributed by atoms with Crippen LogP contribution in [0.2, 0.25) is 0 Å². The number of aromatic nitrogens is 5. The molecule has 0 spiro atoms. The van der Waals surface area contributed by atoms with Gasteiger partial charge in [0.1, 0.15) is 22.1 Å². The van der Waals surface area contributed by atoms with E-state index in [0.717, 1.165) is 76.2 Å². The van der Waals surface area contributed by atoms with Gasteiger partial charge in [-0.05, 0) is 42.8 Å². The molecule has 0 unspecified atom stereocenters. The zero-order valence-corrected chi connectivity index (χ0v) is 37.9. The van der Waals surface area contributed by atoms with Crippen LogP contribution in [0, 0.1) is 6.92 Å². The quantitative estimate of drug-likeness (QED) is 0.0100. The topological polar surface area (TPSA) is 354 Å². The average molecular weight is 957 g/mol. The zero-order chi connectivity index (χ0) is 44.0. The molecule has 320 valence electrons. The molecule has 2 atom stereocenters. The van der Waals surface area contributed by atoms with E-state index in [4.69, 9.17) is 10.6 Å². The van der Waals surface area contributed by atoms with Crippen LogP contribution in [0.4, 0.5) is 5.13 Å². The minimum atomic E-state index is -4.26. The Morgan fingerprint density at radius 2 is 1.69 bits per heavy atom. The molecule has 29 heteroatoms. The van der Waals surface area contributed by atoms with Gasteiger partial charge in [-0.15, -0.1) is 40.0 Å². The van der Waals surface area contributed by atoms with Gasteiger partial charge in [0, 0.05) is 34.7 Å². The second-order valence-electron chi connectivity index (χ2n) is 12.9. The molecule has 3 aromatic heterocycles. The standard InChI is InChI=1S/C33H30N10O13S5.Na/c1-14-6-24(43-33(36-14)38-23(40-43)9-35-61(54,55)17-3-5-20(45)22(47)8-17)57-10-15-11-58-30-26(29(49)42(30)27(15)31(50)51)39-28(48)25(18-12-59-32(34)37-18)41-56-13-60(52,53)16-2-4-19(44)21(46)7-16;/h2-8,12,26,30,35,44-47H,9-11,13H2,1H3,(H2,34,37)(H,39,48)(H,50,51);/q;+1/p-1/b41-25-;/t26-,30-;/m1./s1. The summed E-state index contributed by atoms with van der Waals surface area (Å²) in [6.07, 6.45) is 0. The summed E-state index contributed by atoms with van der Waals surface area (Å²) in [5.74, 6) is -6.74. The molecule has 23 nitrogen and oxygen atoms in total. The fourth-order valence-corrected chi connectivity index (χ4v) is 10.7. The maximum Gasteiger partial charge on any atom is 1.00 e. The number of thiazole rings is 1. The van der Waals surface area contributed by atoms with E-state index in [1.165, 1.54) is 9.90 Å². The van der Waals surface area contributed by atoms with Crippen LogP contribution in [0.1, 0.15) is 17.2 Å². The van der Waals surface area contributed by atoms with Crippen molar-refractivity contribution in [3.63, 3.8) is 0 Å². The molecule has 0 bridgehead atoms. The molecule has 2 amide bonds. The first kappa shape index (κ1) is 46.3. The molecule has 2 aliphatic rings. The van der Waals surface area contributed by atoms with Gasteiger partial charge in [-0.3, -0.25) is 14.5 Å². The number of carboxylic acid groups (broad SMARTS) is 1. The summed E-state index contributed by atoms with van der Waals surface area (Å²) in [7, 11) is -8.42. The number of sulfone groups is 1. The van der Waals surface area contributed by atoms with Crippen molar-refractivity contribution in [2.75, 3.05) is 23.2 Å². The second kappa shape index (κ2) is 18.3. The fourth-order valence-electron chi connectivity index (χ4n) is 5.77. The van der Waals surface area contributed by atoms with Crippen molar-refractivity contribution in [1.29, 1.82) is 0 Å². The number of nitrogens with one attached hydrogen (secondary N) is 2. The van der Waals surface area contributed by atoms with Crippen molar-refractivity contribution < 1.29 is 91.1 Å². The number of anilines is 1. The average Bonchev–Trinajstić information content (AvgIpc) is 3.83. The summed E-state index contributed by atoms with van der Waals surface area (Å²) in [6.45, 7) is 1.30. The maximum atomic E-state index is 13.5. The molecule has 0 radical (unpaired) electrons. The molecule has 8 N–H and O–H groups in total. The first-order valence-corrected chi connectivity index (χ1v) is 23.1. The molecule has 62 heavy (non-hydrogen) atoms. The number of aliphatic carboxylic acids is 1. The Balaban J connectivity index is 0.00000641. The summed E-state index contributed by atoms with van der Waals surface area (Å²) in [6, 6.07) is 6.13. The Bertz CT molecular complexity index is 2930. The number of nitrogens with zero attached hydrogens (tertiary/aromatic N) is 7. The number of nitrogen functional groups attached to an aromatic ring is 1. The Hall–Kier alpha value is -5.20. The summed E-state index contributed by atoms with van der Waals surface area (Å²) in [4.78, 5) is 57.4. The van der Waals surface area contributed by atoms with Crippen LogP contribution >= 0.6 is 34.9 Å². The van der Waals surface area contributed by atoms with E-state index < -0.39 is 94.3 Å². The number of nitrogens with two attached hydrogens (primary N) is 1. The number of benzene rings is 2. The Kier molecular flexibility index (Phi) is 13.6. The molecule has 1 fully saturated rings. The van der Waals surface area contributed by atoms with Gasteiger partial charge in [0.2, 0.25) is 25.8 Å². The number of oxime groups is 1. The Morgan fingerprint density at radius 3 is 2.34 bits per heavy atom. The monoisotopic (exact) mass is 956 g/mol. The molecular weight excluding hydrogens is 928 g/mol. The molecule has 1 saturated heterocycles. The van der Waals surface area contributed by atoms with Gasteiger partial charge in [-0.2, -0.15) is 9.50 Å². The van der Waals surface area contributed by atoms with Crippen LogP contribution in [0.5, 0.6) is 23.0 Å². The molecule has 0 saturated carbocycles. The van der Waals surface area contributed by atoms with Crippen molar-refractivity contribution in [2.45, 2.75) is 39.7 Å². The number of carboxylic acids is 1. The Labute approximate surface area is 384 Å². The van der Waals surface area contributed by atoms with Crippen molar-refractivity contribution >= 4 is 89.1 Å². The molecule has 7 rings (SSSR count). The summed E-state index contributed by atoms with van der Waals surface area (Å²) in [5, 5.41) is 62.4. The van der Waals surface area contributed by atoms with Crippen LogP contribution in [0.15, 0.2) is 79.1 Å². The van der Waals surface area contributed by atoms with Crippen LogP contribution in [-0.4, -0.2) is 119 Å². The third-order valence-electron chi connectivity index (χ3n) is 8.70. The van der Waals surface area contributed by atoms with Crippen LogP contribution in [0.25, 0.3) is 5.78 Å². The van der Waals surface area contributed by atoms with E-state index in [0.29, 0.717) is 16.3 Å². The zero-order valence-electron chi connectivity index (χ0n) is 31.8. The van der Waals surface area contributed by atoms with Crippen molar-refractivity contribution in [2.24, 2.45) is 5.16 Å². The minimum absolute atomic E-state index is 0. The van der Waals surface area contributed by atoms with Gasteiger partial charge in [0.25, 0.3) is 17.6 Å². The van der Waals surface area contributed by atoms with Gasteiger partial charge in [-0.1, -0.05) is 5.16 Å². The Morgan fingerprint density at radius 1 is 1.02 bits per heavy atom. The van der Waals surface area contributed by atoms with E-state index in [1.807, 2.05) is 0 Å². The van der Waals surface area contributed by atoms with Gasteiger partial charge in [0.15, 0.2) is 39.7 Å². The molecule has 2 aromatic carbocycles. The van der Waals surface area contributed by atoms with Crippen LogP contribution < -0.4 is 50.4 Å². The van der Waals surface area contributed by atoms with E-state index in [9.17, 15) is 56.8 Å². The fraction of sp³-hybridized carbons (Fsp3) is 0.212. The number of amides is 2. The number of phenols is 4. The molecule has 5 heterocycles. The van der Waals surface area contributed by atoms with E-state index in [-0.39, 0.29) is 74.9 Å². The number of fused-ring (bicyclic) bond motifs is 2. The number of phenolic OH excluding ortho intramolecular Hbond substituents is 4.